The van der Waals surface area contributed by atoms with Gasteiger partial charge in [-0.1, -0.05) is 51.9 Å². The Hall–Kier alpha value is 1.11. The monoisotopic (exact) mass is 556 g/mol. The van der Waals surface area contributed by atoms with E-state index in [1.54, 1.807) is 27.2 Å². The van der Waals surface area contributed by atoms with Crippen LogP contribution in [0.4, 0.5) is 0 Å². The van der Waals surface area contributed by atoms with Crippen LogP contribution >= 0.6 is 24.8 Å². The van der Waals surface area contributed by atoms with Crippen LogP contribution in [0.5, 0.6) is 0 Å². The van der Waals surface area contributed by atoms with Crippen molar-refractivity contribution in [2.24, 2.45) is 15.9 Å². The molecule has 0 bridgehead atoms. The fourth-order valence-corrected chi connectivity index (χ4v) is 2.14. The van der Waals surface area contributed by atoms with Crippen LogP contribution in [0.3, 0.4) is 0 Å². The Labute approximate surface area is 168 Å². The molecule has 149 valence electrons. The maximum absolute atomic E-state index is 5.88. The van der Waals surface area contributed by atoms with Crippen LogP contribution in [0.2, 0.25) is 0 Å². The third-order valence-electron chi connectivity index (χ3n) is 3.60. The average molecular weight is 557 g/mol. The molecule has 0 aliphatic carbocycles. The summed E-state index contributed by atoms with van der Waals surface area (Å²) in [6, 6.07) is 0.138. The van der Waals surface area contributed by atoms with Crippen LogP contribution in [0, 0.1) is 5.92 Å². The Morgan fingerprint density at radius 1 is 0.870 bits per heavy atom. The normalized spacial score (nSPS) is 12.3. The molecule has 0 aliphatic heterocycles. The fraction of sp³-hybridized carbons (Fsp3) is 1.00. The van der Waals surface area contributed by atoms with Gasteiger partial charge in [-0.3, -0.25) is 0 Å². The van der Waals surface area contributed by atoms with Crippen molar-refractivity contribution in [2.45, 2.75) is 71.3 Å². The second kappa shape index (κ2) is 27.9. The molecule has 0 rings (SSSR count). The Bertz CT molecular complexity index is 193. The molecule has 4 nitrogen and oxygen atoms in total. The first-order valence-electron chi connectivity index (χ1n) is 8.22. The van der Waals surface area contributed by atoms with Crippen LogP contribution < -0.4 is 10.0 Å². The van der Waals surface area contributed by atoms with Crippen molar-refractivity contribution in [3.63, 3.8) is 0 Å². The number of methoxy groups -OCH3 is 1. The van der Waals surface area contributed by atoms with Crippen LogP contribution in [-0.2, 0) is 29.5 Å². The van der Waals surface area contributed by atoms with Gasteiger partial charge in [0.1, 0.15) is 0 Å². The molecular formula is C16H39Cl2N2O2Pt. The van der Waals surface area contributed by atoms with Crippen molar-refractivity contribution in [1.82, 2.24) is 0 Å². The standard InChI is InChI=1S/C16H35NO2.2ClH.H2N.Pt/c1-4-5-6-7-8-9-10-11-12-19-14-16(13-18-3)15(2)17;;;;/h15-16H,4-14,17H2,1-3H3;2*1H;1H2;/q;;;-1;+1. The maximum atomic E-state index is 5.88. The first-order valence-corrected chi connectivity index (χ1v) is 9.54. The molecule has 0 saturated carbocycles. The van der Waals surface area contributed by atoms with Gasteiger partial charge in [-0.25, -0.2) is 0 Å². The predicted molar refractivity (Wildman–Crippen MR) is 101 cm³/mol. The summed E-state index contributed by atoms with van der Waals surface area (Å²) in [5.41, 5.74) is 5.88. The fourth-order valence-electron chi connectivity index (χ4n) is 2.14. The molecule has 2 unspecified atom stereocenters. The minimum absolute atomic E-state index is 0. The van der Waals surface area contributed by atoms with Crippen molar-refractivity contribution in [3.05, 3.63) is 0 Å². The summed E-state index contributed by atoms with van der Waals surface area (Å²) in [6.07, 6.45) is 10.7. The molecule has 0 aromatic rings. The zero-order chi connectivity index (χ0) is 16.3. The van der Waals surface area contributed by atoms with E-state index < -0.39 is 0 Å². The van der Waals surface area contributed by atoms with Gasteiger partial charge < -0.3 is 15.2 Å². The molecule has 7 heteroatoms. The first-order chi connectivity index (χ1) is 10.2. The molecule has 23 heavy (non-hydrogen) atoms. The van der Waals surface area contributed by atoms with Gasteiger partial charge in [0.05, 0.1) is 13.2 Å². The SMILES string of the molecule is CCCCCCCCCCOCC(COC)C(C)N.Cl.Cl.[NH2][Pt]. The predicted octanol–water partition coefficient (Wildman–Crippen LogP) is 4.00. The molecule has 0 spiro atoms. The zero-order valence-electron chi connectivity index (χ0n) is 15.0. The molecule has 0 heterocycles. The first kappa shape index (κ1) is 31.8. The summed E-state index contributed by atoms with van der Waals surface area (Å²) in [4.78, 5) is 0. The van der Waals surface area contributed by atoms with Gasteiger partial charge in [0.25, 0.3) is 0 Å². The second-order valence-corrected chi connectivity index (χ2v) is 5.62. The van der Waals surface area contributed by atoms with E-state index in [2.05, 4.69) is 11.2 Å². The summed E-state index contributed by atoms with van der Waals surface area (Å²) >= 11 is 1.64. The van der Waals surface area contributed by atoms with Crippen LogP contribution in [0.15, 0.2) is 0 Å². The molecule has 2 atom stereocenters. The van der Waals surface area contributed by atoms with E-state index in [4.69, 9.17) is 15.2 Å². The third kappa shape index (κ3) is 25.5. The molecule has 0 aromatic heterocycles. The van der Waals surface area contributed by atoms with Gasteiger partial charge in [0, 0.05) is 25.7 Å². The van der Waals surface area contributed by atoms with Gasteiger partial charge in [-0.05, 0) is 13.3 Å². The topological polar surface area (TPSA) is 70.5 Å². The number of hydrogen-bond acceptors (Lipinski definition) is 4. The molecule has 0 amide bonds. The van der Waals surface area contributed by atoms with E-state index in [9.17, 15) is 0 Å². The zero-order valence-corrected chi connectivity index (χ0v) is 18.9. The van der Waals surface area contributed by atoms with E-state index in [0.717, 1.165) is 13.2 Å². The number of rotatable bonds is 14. The van der Waals surface area contributed by atoms with Gasteiger partial charge >= 0.3 is 24.4 Å². The Morgan fingerprint density at radius 3 is 1.78 bits per heavy atom. The van der Waals surface area contributed by atoms with Gasteiger partial charge in [-0.15, -0.1) is 24.8 Å². The third-order valence-corrected chi connectivity index (χ3v) is 3.60. The van der Waals surface area contributed by atoms with Crippen molar-refractivity contribution < 1.29 is 29.5 Å². The number of halogens is 2. The van der Waals surface area contributed by atoms with Gasteiger partial charge in [0.15, 0.2) is 0 Å². The van der Waals surface area contributed by atoms with Crippen molar-refractivity contribution in [2.75, 3.05) is 26.9 Å². The van der Waals surface area contributed by atoms with Crippen molar-refractivity contribution in [1.29, 1.82) is 0 Å². The second-order valence-electron chi connectivity index (χ2n) is 5.62. The number of ether oxygens (including phenoxy) is 2. The molecule has 0 aromatic carbocycles. The van der Waals surface area contributed by atoms with Gasteiger partial charge in [0.2, 0.25) is 0 Å². The quantitative estimate of drug-likeness (QED) is 0.317. The molecule has 0 fully saturated rings. The Kier molecular flexibility index (Phi) is 38.7. The van der Waals surface area contributed by atoms with Crippen molar-refractivity contribution >= 4 is 24.8 Å². The van der Waals surface area contributed by atoms with E-state index in [1.165, 1.54) is 51.4 Å². The van der Waals surface area contributed by atoms with Gasteiger partial charge in [-0.2, -0.15) is 0 Å². The number of hydrogen-bond donors (Lipinski definition) is 2. The number of unbranched alkanes of at least 4 members (excludes halogenated alkanes) is 7. The van der Waals surface area contributed by atoms with Crippen LogP contribution in [-0.4, -0.2) is 33.0 Å². The molecular weight excluding hydrogens is 518 g/mol. The minimum atomic E-state index is 0. The van der Waals surface area contributed by atoms with Crippen molar-refractivity contribution in [3.8, 4) is 0 Å². The summed E-state index contributed by atoms with van der Waals surface area (Å²) in [6.45, 7) is 6.55. The Morgan fingerprint density at radius 2 is 1.35 bits per heavy atom. The summed E-state index contributed by atoms with van der Waals surface area (Å²) < 4.78 is 15.3. The molecule has 0 aliphatic rings. The average Bonchev–Trinajstić information content (AvgIpc) is 2.50. The summed E-state index contributed by atoms with van der Waals surface area (Å²) in [7, 11) is 1.72. The molecule has 4 N–H and O–H groups in total. The summed E-state index contributed by atoms with van der Waals surface area (Å²) in [5, 5.41) is 0. The van der Waals surface area contributed by atoms with E-state index in [-0.39, 0.29) is 30.9 Å². The van der Waals surface area contributed by atoms with Crippen LogP contribution in [0.25, 0.3) is 0 Å². The molecule has 0 radical (unpaired) electrons. The Balaban J connectivity index is -0.000000432. The van der Waals surface area contributed by atoms with Crippen LogP contribution in [0.1, 0.15) is 65.2 Å². The van der Waals surface area contributed by atoms with E-state index in [0.29, 0.717) is 12.5 Å². The van der Waals surface area contributed by atoms with E-state index >= 15 is 0 Å². The number of nitrogens with two attached hydrogens (primary N) is 2. The van der Waals surface area contributed by atoms with E-state index in [1.807, 2.05) is 6.92 Å². The summed E-state index contributed by atoms with van der Waals surface area (Å²) in [5.74, 6) is 0.319. The molecule has 0 saturated heterocycles.